The monoisotopic (exact) mass is 354 g/mol. The van der Waals surface area contributed by atoms with E-state index >= 15 is 0 Å². The van der Waals surface area contributed by atoms with Crippen LogP contribution in [0, 0.1) is 5.92 Å². The molecule has 1 aliphatic heterocycles. The fraction of sp³-hybridized carbons (Fsp3) is 0.588. The van der Waals surface area contributed by atoms with Crippen molar-refractivity contribution in [2.75, 3.05) is 39.1 Å². The minimum absolute atomic E-state index is 0.00613. The van der Waals surface area contributed by atoms with Gasteiger partial charge in [-0.15, -0.1) is 0 Å². The molecule has 1 aliphatic rings. The Bertz CT molecular complexity index is 611. The normalized spacial score (nSPS) is 16.9. The summed E-state index contributed by atoms with van der Waals surface area (Å²) >= 11 is 0. The molecule has 1 amide bonds. The number of carbonyl (C=O) groups is 1. The van der Waals surface area contributed by atoms with Gasteiger partial charge in [0.25, 0.3) is 0 Å². The van der Waals surface area contributed by atoms with Gasteiger partial charge in [0.05, 0.1) is 12.4 Å². The number of aryl methyl sites for hydroxylation is 1. The number of sulfonamides is 1. The van der Waals surface area contributed by atoms with Gasteiger partial charge in [-0.1, -0.05) is 30.3 Å². The number of amides is 1. The zero-order valence-electron chi connectivity index (χ0n) is 14.1. The molecule has 1 heterocycles. The van der Waals surface area contributed by atoms with Crippen LogP contribution in [-0.2, 0) is 26.0 Å². The van der Waals surface area contributed by atoms with Crippen LogP contribution in [0.2, 0.25) is 0 Å². The first-order valence-electron chi connectivity index (χ1n) is 8.31. The smallest absolute Gasteiger partial charge is 0.223 e. The van der Waals surface area contributed by atoms with Gasteiger partial charge in [-0.25, -0.2) is 12.7 Å². The zero-order valence-corrected chi connectivity index (χ0v) is 14.9. The third-order valence-electron chi connectivity index (χ3n) is 4.32. The maximum atomic E-state index is 12.5. The summed E-state index contributed by atoms with van der Waals surface area (Å²) in [6.45, 7) is 1.81. The number of nitrogens with zero attached hydrogens (tertiary/aromatic N) is 1. The Morgan fingerprint density at radius 3 is 2.54 bits per heavy atom. The number of carbonyl (C=O) groups excluding carboxylic acids is 1. The van der Waals surface area contributed by atoms with Crippen LogP contribution in [-0.4, -0.2) is 57.7 Å². The summed E-state index contributed by atoms with van der Waals surface area (Å²) in [6, 6.07) is 9.62. The predicted molar refractivity (Wildman–Crippen MR) is 93.1 cm³/mol. The van der Waals surface area contributed by atoms with Gasteiger partial charge in [-0.05, 0) is 24.8 Å². The number of piperidine rings is 1. The van der Waals surface area contributed by atoms with Crippen molar-refractivity contribution in [1.29, 1.82) is 0 Å². The van der Waals surface area contributed by atoms with Crippen molar-refractivity contribution < 1.29 is 17.9 Å². The van der Waals surface area contributed by atoms with Crippen molar-refractivity contribution in [3.63, 3.8) is 0 Å². The molecule has 7 heteroatoms. The summed E-state index contributed by atoms with van der Waals surface area (Å²) < 4.78 is 31.3. The molecule has 1 N–H and O–H groups in total. The largest absolute Gasteiger partial charge is 0.383 e. The second kappa shape index (κ2) is 9.15. The van der Waals surface area contributed by atoms with Gasteiger partial charge in [0.15, 0.2) is 0 Å². The average Bonchev–Trinajstić information content (AvgIpc) is 2.61. The first-order chi connectivity index (χ1) is 11.5. The first-order valence-corrected chi connectivity index (χ1v) is 9.92. The van der Waals surface area contributed by atoms with Crippen LogP contribution in [0.5, 0.6) is 0 Å². The maximum absolute atomic E-state index is 12.5. The molecule has 0 unspecified atom stereocenters. The molecule has 1 aromatic carbocycles. The van der Waals surface area contributed by atoms with Crippen LogP contribution >= 0.6 is 0 Å². The molecule has 2 rings (SSSR count). The van der Waals surface area contributed by atoms with Crippen molar-refractivity contribution in [2.45, 2.75) is 19.3 Å². The lowest BCUT2D eigenvalue weighted by Gasteiger charge is -2.30. The Kier molecular flexibility index (Phi) is 7.20. The second-order valence-corrected chi connectivity index (χ2v) is 8.10. The third kappa shape index (κ3) is 5.58. The minimum Gasteiger partial charge on any atom is -0.383 e. The average molecular weight is 354 g/mol. The van der Waals surface area contributed by atoms with Gasteiger partial charge >= 0.3 is 0 Å². The van der Waals surface area contributed by atoms with Crippen molar-refractivity contribution in [3.8, 4) is 0 Å². The highest BCUT2D eigenvalue weighted by molar-refractivity contribution is 7.89. The Balaban J connectivity index is 1.79. The molecule has 6 nitrogen and oxygen atoms in total. The van der Waals surface area contributed by atoms with E-state index in [2.05, 4.69) is 5.32 Å². The molecular weight excluding hydrogens is 328 g/mol. The van der Waals surface area contributed by atoms with E-state index in [0.29, 0.717) is 45.5 Å². The number of ether oxygens (including phenoxy) is 1. The van der Waals surface area contributed by atoms with Gasteiger partial charge in [0, 0.05) is 32.7 Å². The number of nitrogens with one attached hydrogen (secondary N) is 1. The van der Waals surface area contributed by atoms with Crippen molar-refractivity contribution >= 4 is 15.9 Å². The van der Waals surface area contributed by atoms with Crippen LogP contribution in [0.3, 0.4) is 0 Å². The number of methoxy groups -OCH3 is 1. The van der Waals surface area contributed by atoms with E-state index in [0.717, 1.165) is 5.56 Å². The highest BCUT2D eigenvalue weighted by Crippen LogP contribution is 2.20. The molecule has 24 heavy (non-hydrogen) atoms. The molecule has 134 valence electrons. The fourth-order valence-electron chi connectivity index (χ4n) is 2.84. The van der Waals surface area contributed by atoms with E-state index in [4.69, 9.17) is 4.74 Å². The molecule has 1 fully saturated rings. The number of hydrogen-bond donors (Lipinski definition) is 1. The van der Waals surface area contributed by atoms with E-state index < -0.39 is 10.0 Å². The lowest BCUT2D eigenvalue weighted by atomic mass is 9.97. The van der Waals surface area contributed by atoms with E-state index in [-0.39, 0.29) is 17.6 Å². The Morgan fingerprint density at radius 2 is 1.92 bits per heavy atom. The molecular formula is C17H26N2O4S. The predicted octanol–water partition coefficient (Wildman–Crippen LogP) is 1.03. The summed E-state index contributed by atoms with van der Waals surface area (Å²) in [5, 5.41) is 2.82. The van der Waals surface area contributed by atoms with Gasteiger partial charge in [-0.2, -0.15) is 0 Å². The zero-order chi connectivity index (χ0) is 17.4. The van der Waals surface area contributed by atoms with Crippen LogP contribution in [0.15, 0.2) is 30.3 Å². The van der Waals surface area contributed by atoms with E-state index in [9.17, 15) is 13.2 Å². The van der Waals surface area contributed by atoms with Gasteiger partial charge in [0.2, 0.25) is 15.9 Å². The highest BCUT2D eigenvalue weighted by atomic mass is 32.2. The molecule has 0 bridgehead atoms. The van der Waals surface area contributed by atoms with Crippen molar-refractivity contribution in [3.05, 3.63) is 35.9 Å². The van der Waals surface area contributed by atoms with E-state index in [1.54, 1.807) is 7.11 Å². The van der Waals surface area contributed by atoms with Crippen LogP contribution in [0.4, 0.5) is 0 Å². The molecule has 0 saturated carbocycles. The number of hydrogen-bond acceptors (Lipinski definition) is 4. The topological polar surface area (TPSA) is 75.7 Å². The lowest BCUT2D eigenvalue weighted by Crippen LogP contribution is -2.44. The fourth-order valence-corrected chi connectivity index (χ4v) is 4.36. The summed E-state index contributed by atoms with van der Waals surface area (Å²) in [4.78, 5) is 12.0. The molecule has 1 saturated heterocycles. The molecule has 1 aromatic rings. The van der Waals surface area contributed by atoms with Gasteiger partial charge in [0.1, 0.15) is 0 Å². The molecule has 0 aromatic heterocycles. The summed E-state index contributed by atoms with van der Waals surface area (Å²) in [5.41, 5.74) is 1.02. The molecule has 0 radical (unpaired) electrons. The van der Waals surface area contributed by atoms with Crippen LogP contribution in [0.1, 0.15) is 18.4 Å². The van der Waals surface area contributed by atoms with Crippen LogP contribution < -0.4 is 5.32 Å². The summed E-state index contributed by atoms with van der Waals surface area (Å²) in [5.74, 6) is -0.00218. The SMILES string of the molecule is COCCNC(=O)C1CCN(S(=O)(=O)CCc2ccccc2)CC1. The van der Waals surface area contributed by atoms with Crippen LogP contribution in [0.25, 0.3) is 0 Å². The van der Waals surface area contributed by atoms with E-state index in [1.165, 1.54) is 4.31 Å². The highest BCUT2D eigenvalue weighted by Gasteiger charge is 2.30. The van der Waals surface area contributed by atoms with Gasteiger partial charge in [-0.3, -0.25) is 4.79 Å². The summed E-state index contributed by atoms with van der Waals surface area (Å²) in [7, 11) is -1.68. The number of benzene rings is 1. The van der Waals surface area contributed by atoms with Gasteiger partial charge < -0.3 is 10.1 Å². The Labute approximate surface area is 144 Å². The second-order valence-electron chi connectivity index (χ2n) is 6.01. The quantitative estimate of drug-likeness (QED) is 0.708. The first kappa shape index (κ1) is 18.9. The molecule has 0 atom stereocenters. The standard InChI is InChI=1S/C17H26N2O4S/c1-23-13-10-18-17(20)16-7-11-19(12-8-16)24(21,22)14-9-15-5-3-2-4-6-15/h2-6,16H,7-14H2,1H3,(H,18,20). The van der Waals surface area contributed by atoms with Crippen molar-refractivity contribution in [2.24, 2.45) is 5.92 Å². The Hall–Kier alpha value is -1.44. The lowest BCUT2D eigenvalue weighted by molar-refractivity contribution is -0.126. The number of rotatable bonds is 8. The third-order valence-corrected chi connectivity index (χ3v) is 6.19. The molecule has 0 aliphatic carbocycles. The Morgan fingerprint density at radius 1 is 1.25 bits per heavy atom. The minimum atomic E-state index is -3.27. The summed E-state index contributed by atoms with van der Waals surface area (Å²) in [6.07, 6.45) is 1.66. The maximum Gasteiger partial charge on any atom is 0.223 e. The van der Waals surface area contributed by atoms with E-state index in [1.807, 2.05) is 30.3 Å². The van der Waals surface area contributed by atoms with Crippen molar-refractivity contribution in [1.82, 2.24) is 9.62 Å². The molecule has 0 spiro atoms.